The Kier molecular flexibility index (Phi) is 3.75. The molecule has 1 amide bonds. The van der Waals surface area contributed by atoms with Gasteiger partial charge in [0.1, 0.15) is 0 Å². The zero-order chi connectivity index (χ0) is 14.7. The monoisotopic (exact) mass is 284 g/mol. The van der Waals surface area contributed by atoms with Crippen molar-refractivity contribution in [3.8, 4) is 0 Å². The summed E-state index contributed by atoms with van der Waals surface area (Å²) in [5.41, 5.74) is 1.54. The van der Waals surface area contributed by atoms with E-state index in [4.69, 9.17) is 0 Å². The second-order valence-electron chi connectivity index (χ2n) is 5.59. The molecule has 0 radical (unpaired) electrons. The predicted molar refractivity (Wildman–Crippen MR) is 82.2 cm³/mol. The Morgan fingerprint density at radius 2 is 1.95 bits per heavy atom. The number of hydrogen-bond acceptors (Lipinski definition) is 3. The lowest BCUT2D eigenvalue weighted by molar-refractivity contribution is -0.122. The molecule has 5 heteroatoms. The van der Waals surface area contributed by atoms with E-state index in [0.29, 0.717) is 5.82 Å². The number of H-pyrrole nitrogens is 1. The molecule has 21 heavy (non-hydrogen) atoms. The van der Waals surface area contributed by atoms with E-state index in [9.17, 15) is 4.79 Å². The molecule has 3 N–H and O–H groups in total. The number of aryl methyl sites for hydroxylation is 1. The van der Waals surface area contributed by atoms with Crippen molar-refractivity contribution in [2.24, 2.45) is 0 Å². The quantitative estimate of drug-likeness (QED) is 0.807. The topological polar surface area (TPSA) is 69.8 Å². The molecular formula is C16H20N4O. The maximum Gasteiger partial charge on any atom is 0.236 e. The van der Waals surface area contributed by atoms with Gasteiger partial charge in [-0.1, -0.05) is 30.3 Å². The van der Waals surface area contributed by atoms with E-state index in [1.54, 1.807) is 0 Å². The minimum absolute atomic E-state index is 0.0294. The van der Waals surface area contributed by atoms with Crippen LogP contribution in [0.5, 0.6) is 0 Å². The largest absolute Gasteiger partial charge is 0.317 e. The highest BCUT2D eigenvalue weighted by Gasteiger charge is 2.41. The number of amides is 1. The molecule has 0 bridgehead atoms. The standard InChI is InChI=1S/C16H20N4O/c1-12-11-14(20-19-12)18-15(21)16(7-9-17-10-8-16)13-5-3-2-4-6-13/h2-6,11,17H,7-10H2,1H3,(H2,18,19,20,21). The molecule has 1 aliphatic heterocycles. The lowest BCUT2D eigenvalue weighted by Crippen LogP contribution is -2.48. The number of nitrogens with one attached hydrogen (secondary N) is 3. The second kappa shape index (κ2) is 5.69. The van der Waals surface area contributed by atoms with Gasteiger partial charge in [0, 0.05) is 11.8 Å². The maximum absolute atomic E-state index is 12.9. The number of piperidine rings is 1. The Hall–Kier alpha value is -2.14. The van der Waals surface area contributed by atoms with Crippen molar-refractivity contribution in [2.75, 3.05) is 18.4 Å². The van der Waals surface area contributed by atoms with Crippen LogP contribution >= 0.6 is 0 Å². The fourth-order valence-electron chi connectivity index (χ4n) is 2.98. The Labute approximate surface area is 124 Å². The number of anilines is 1. The molecule has 2 aromatic rings. The van der Waals surface area contributed by atoms with Crippen molar-refractivity contribution >= 4 is 11.7 Å². The summed E-state index contributed by atoms with van der Waals surface area (Å²) >= 11 is 0. The van der Waals surface area contributed by atoms with Crippen LogP contribution in [0.3, 0.4) is 0 Å². The van der Waals surface area contributed by atoms with Gasteiger partial charge in [-0.15, -0.1) is 0 Å². The van der Waals surface area contributed by atoms with Gasteiger partial charge in [0.25, 0.3) is 0 Å². The Balaban J connectivity index is 1.90. The summed E-state index contributed by atoms with van der Waals surface area (Å²) in [7, 11) is 0. The third-order valence-electron chi connectivity index (χ3n) is 4.17. The van der Waals surface area contributed by atoms with Gasteiger partial charge in [0.05, 0.1) is 5.41 Å². The minimum atomic E-state index is -0.473. The normalized spacial score (nSPS) is 17.4. The van der Waals surface area contributed by atoms with Gasteiger partial charge in [0.15, 0.2) is 5.82 Å². The van der Waals surface area contributed by atoms with Crippen molar-refractivity contribution in [1.82, 2.24) is 15.5 Å². The van der Waals surface area contributed by atoms with Crippen LogP contribution in [0.2, 0.25) is 0 Å². The molecule has 1 aliphatic rings. The Bertz CT molecular complexity index is 614. The van der Waals surface area contributed by atoms with E-state index in [2.05, 4.69) is 20.8 Å². The van der Waals surface area contributed by atoms with Crippen LogP contribution in [0, 0.1) is 6.92 Å². The summed E-state index contributed by atoms with van der Waals surface area (Å²) < 4.78 is 0. The number of aromatic nitrogens is 2. The van der Waals surface area contributed by atoms with Gasteiger partial charge in [-0.2, -0.15) is 5.10 Å². The molecule has 0 spiro atoms. The Morgan fingerprint density at radius 3 is 2.57 bits per heavy atom. The number of aromatic amines is 1. The summed E-state index contributed by atoms with van der Waals surface area (Å²) in [6, 6.07) is 11.9. The minimum Gasteiger partial charge on any atom is -0.317 e. The Morgan fingerprint density at radius 1 is 1.24 bits per heavy atom. The molecule has 1 aromatic carbocycles. The summed E-state index contributed by atoms with van der Waals surface area (Å²) in [5, 5.41) is 13.2. The van der Waals surface area contributed by atoms with E-state index in [0.717, 1.165) is 37.2 Å². The molecule has 110 valence electrons. The van der Waals surface area contributed by atoms with Crippen molar-refractivity contribution in [2.45, 2.75) is 25.2 Å². The van der Waals surface area contributed by atoms with Gasteiger partial charge in [-0.05, 0) is 38.4 Å². The first-order valence-electron chi connectivity index (χ1n) is 7.30. The molecule has 0 atom stereocenters. The highest BCUT2D eigenvalue weighted by Crippen LogP contribution is 2.34. The third kappa shape index (κ3) is 2.69. The zero-order valence-corrected chi connectivity index (χ0v) is 12.1. The van der Waals surface area contributed by atoms with Crippen LogP contribution in [-0.4, -0.2) is 29.2 Å². The van der Waals surface area contributed by atoms with Crippen LogP contribution in [-0.2, 0) is 10.2 Å². The summed E-state index contributed by atoms with van der Waals surface area (Å²) in [6.45, 7) is 3.62. The van der Waals surface area contributed by atoms with Crippen LogP contribution in [0.1, 0.15) is 24.1 Å². The lowest BCUT2D eigenvalue weighted by atomic mass is 9.72. The van der Waals surface area contributed by atoms with Crippen molar-refractivity contribution in [3.63, 3.8) is 0 Å². The van der Waals surface area contributed by atoms with Crippen LogP contribution in [0.25, 0.3) is 0 Å². The molecule has 0 unspecified atom stereocenters. The molecule has 1 aromatic heterocycles. The number of hydrogen-bond donors (Lipinski definition) is 3. The SMILES string of the molecule is Cc1cc(NC(=O)C2(c3ccccc3)CCNCC2)n[nH]1. The fourth-order valence-corrected chi connectivity index (χ4v) is 2.98. The van der Waals surface area contributed by atoms with E-state index in [1.807, 2.05) is 43.3 Å². The third-order valence-corrected chi connectivity index (χ3v) is 4.17. The number of carbonyl (C=O) groups excluding carboxylic acids is 1. The first-order chi connectivity index (χ1) is 10.2. The molecule has 5 nitrogen and oxygen atoms in total. The summed E-state index contributed by atoms with van der Waals surface area (Å²) in [4.78, 5) is 12.9. The smallest absolute Gasteiger partial charge is 0.236 e. The van der Waals surface area contributed by atoms with Crippen molar-refractivity contribution < 1.29 is 4.79 Å². The van der Waals surface area contributed by atoms with Gasteiger partial charge >= 0.3 is 0 Å². The molecule has 0 aliphatic carbocycles. The van der Waals surface area contributed by atoms with Gasteiger partial charge < -0.3 is 10.6 Å². The molecule has 1 fully saturated rings. The van der Waals surface area contributed by atoms with E-state index < -0.39 is 5.41 Å². The molecule has 3 rings (SSSR count). The van der Waals surface area contributed by atoms with Gasteiger partial charge in [0.2, 0.25) is 5.91 Å². The number of carbonyl (C=O) groups is 1. The number of rotatable bonds is 3. The molecule has 2 heterocycles. The number of nitrogens with zero attached hydrogens (tertiary/aromatic N) is 1. The second-order valence-corrected chi connectivity index (χ2v) is 5.59. The molecular weight excluding hydrogens is 264 g/mol. The summed E-state index contributed by atoms with van der Waals surface area (Å²) in [6.07, 6.45) is 1.60. The predicted octanol–water partition coefficient (Wildman–Crippen LogP) is 1.98. The maximum atomic E-state index is 12.9. The number of benzene rings is 1. The fraction of sp³-hybridized carbons (Fsp3) is 0.375. The van der Waals surface area contributed by atoms with E-state index in [1.165, 1.54) is 0 Å². The van der Waals surface area contributed by atoms with E-state index in [-0.39, 0.29) is 5.91 Å². The van der Waals surface area contributed by atoms with E-state index >= 15 is 0 Å². The van der Waals surface area contributed by atoms with Crippen LogP contribution in [0.4, 0.5) is 5.82 Å². The lowest BCUT2D eigenvalue weighted by Gasteiger charge is -2.36. The van der Waals surface area contributed by atoms with Crippen molar-refractivity contribution in [3.05, 3.63) is 47.7 Å². The first-order valence-corrected chi connectivity index (χ1v) is 7.30. The van der Waals surface area contributed by atoms with Crippen molar-refractivity contribution in [1.29, 1.82) is 0 Å². The molecule has 1 saturated heterocycles. The average molecular weight is 284 g/mol. The first kappa shape index (κ1) is 13.8. The van der Waals surface area contributed by atoms with Gasteiger partial charge in [-0.25, -0.2) is 0 Å². The van der Waals surface area contributed by atoms with Crippen LogP contribution < -0.4 is 10.6 Å². The van der Waals surface area contributed by atoms with Gasteiger partial charge in [-0.3, -0.25) is 9.89 Å². The van der Waals surface area contributed by atoms with Crippen LogP contribution in [0.15, 0.2) is 36.4 Å². The molecule has 0 saturated carbocycles. The highest BCUT2D eigenvalue weighted by atomic mass is 16.2. The highest BCUT2D eigenvalue weighted by molar-refractivity contribution is 5.98. The zero-order valence-electron chi connectivity index (χ0n) is 12.1. The average Bonchev–Trinajstić information content (AvgIpc) is 2.94. The summed E-state index contributed by atoms with van der Waals surface area (Å²) in [5.74, 6) is 0.619.